The maximum atomic E-state index is 15.9. The maximum Gasteiger partial charge on any atom is 0.242 e. The summed E-state index contributed by atoms with van der Waals surface area (Å²) in [6.45, 7) is 8.85. The molecule has 1 aliphatic heterocycles. The molecule has 2 heterocycles. The van der Waals surface area contributed by atoms with Gasteiger partial charge in [0.25, 0.3) is 0 Å². The minimum absolute atomic E-state index is 0.0217. The van der Waals surface area contributed by atoms with E-state index in [1.54, 1.807) is 0 Å². The van der Waals surface area contributed by atoms with Crippen LogP contribution in [0, 0.1) is 27.7 Å². The smallest absolute Gasteiger partial charge is 0.242 e. The molecular formula is C72H52BNO2. The van der Waals surface area contributed by atoms with Crippen molar-refractivity contribution in [3.05, 3.63) is 298 Å². The van der Waals surface area contributed by atoms with Crippen molar-refractivity contribution in [1.29, 1.82) is 0 Å². The van der Waals surface area contributed by atoms with Crippen LogP contribution in [0.15, 0.2) is 247 Å². The molecule has 0 atom stereocenters. The predicted molar refractivity (Wildman–Crippen MR) is 316 cm³/mol. The third kappa shape index (κ3) is 6.87. The van der Waals surface area contributed by atoms with Crippen molar-refractivity contribution >= 4 is 67.9 Å². The molecule has 14 rings (SSSR count). The topological polar surface area (TPSA) is 33.5 Å². The number of anilines is 3. The average molecular weight is 974 g/mol. The van der Waals surface area contributed by atoms with Crippen LogP contribution in [0.5, 0.6) is 0 Å². The first-order valence-corrected chi connectivity index (χ1v) is 26.4. The summed E-state index contributed by atoms with van der Waals surface area (Å²) in [4.78, 5) is 18.3. The number of hydrogen-bond donors (Lipinski definition) is 0. The van der Waals surface area contributed by atoms with E-state index in [-0.39, 0.29) is 12.5 Å². The lowest BCUT2D eigenvalue weighted by Crippen LogP contribution is -2.56. The van der Waals surface area contributed by atoms with Crippen molar-refractivity contribution in [1.82, 2.24) is 0 Å². The molecule has 0 bridgehead atoms. The number of hydrogen-bond acceptors (Lipinski definition) is 3. The van der Waals surface area contributed by atoms with Gasteiger partial charge in [0.2, 0.25) is 6.71 Å². The van der Waals surface area contributed by atoms with Crippen LogP contribution in [0.2, 0.25) is 0 Å². The number of benzene rings is 11. The summed E-state index contributed by atoms with van der Waals surface area (Å²) in [6.07, 6.45) is 0. The Balaban J connectivity index is 1.18. The quantitative estimate of drug-likeness (QED) is 0.149. The lowest BCUT2D eigenvalue weighted by molar-refractivity contribution is 0.103. The monoisotopic (exact) mass is 973 g/mol. The van der Waals surface area contributed by atoms with Gasteiger partial charge in [0, 0.05) is 21.9 Å². The Hall–Kier alpha value is -9.25. The third-order valence-corrected chi connectivity index (χ3v) is 16.6. The zero-order valence-corrected chi connectivity index (χ0v) is 42.9. The van der Waals surface area contributed by atoms with Crippen molar-refractivity contribution in [3.63, 3.8) is 0 Å². The first-order chi connectivity index (χ1) is 37.3. The molecule has 11 aromatic carbocycles. The van der Waals surface area contributed by atoms with Crippen molar-refractivity contribution in [2.45, 2.75) is 33.1 Å². The molecule has 12 aromatic rings. The van der Waals surface area contributed by atoms with E-state index in [0.717, 1.165) is 100 Å². The summed E-state index contributed by atoms with van der Waals surface area (Å²) in [5.41, 5.74) is 24.2. The van der Waals surface area contributed by atoms with Crippen LogP contribution < -0.4 is 21.3 Å². The molecule has 0 saturated heterocycles. The Morgan fingerprint density at radius 2 is 0.803 bits per heavy atom. The van der Waals surface area contributed by atoms with Gasteiger partial charge >= 0.3 is 0 Å². The molecule has 0 saturated carbocycles. The van der Waals surface area contributed by atoms with Gasteiger partial charge in [0.15, 0.2) is 11.4 Å². The van der Waals surface area contributed by atoms with E-state index in [9.17, 15) is 0 Å². The van der Waals surface area contributed by atoms with Gasteiger partial charge in [-0.25, -0.2) is 0 Å². The van der Waals surface area contributed by atoms with Crippen molar-refractivity contribution in [2.75, 3.05) is 4.90 Å². The van der Waals surface area contributed by atoms with Gasteiger partial charge < -0.3 is 9.32 Å². The Morgan fingerprint density at radius 3 is 1.34 bits per heavy atom. The highest BCUT2D eigenvalue weighted by molar-refractivity contribution is 6.96. The molecule has 1 aliphatic carbocycles. The minimum Gasteiger partial charge on any atom is -0.454 e. The number of rotatable bonds is 7. The fourth-order valence-corrected chi connectivity index (χ4v) is 13.2. The van der Waals surface area contributed by atoms with Crippen molar-refractivity contribution < 1.29 is 9.21 Å². The molecule has 4 heteroatoms. The fraction of sp³-hybridized carbons (Fsp3) is 0.0694. The first-order valence-electron chi connectivity index (χ1n) is 26.4. The molecule has 0 N–H and O–H groups in total. The van der Waals surface area contributed by atoms with Crippen molar-refractivity contribution in [3.8, 4) is 33.4 Å². The number of carbonyl (C=O) groups is 1. The summed E-state index contributed by atoms with van der Waals surface area (Å²) in [5, 5.41) is 2.13. The molecule has 3 nitrogen and oxygen atoms in total. The Bertz CT molecular complexity index is 4120. The SMILES string of the molecule is Cc1cccc(C)c1B(c1ccc2c(c1)C1(c3cc(-c4ccccc4)ccc3C2=O)c2cc(-c3ccccc3)ccc2N(c2cccc3c2oc2ccccc23)c2ccc(-c3ccccc3)cc21)c1c(C)cccc1C. The standard InChI is InChI=1S/C72H52BNO2/c1-45-19-16-20-46(2)68(45)73(69-47(3)21-17-22-48(69)4)55-36-38-59-61(44-55)72(60-41-52(33-37-58(60)70(59)75)49-23-8-5-9-24-49)62-42-53(50-25-10-6-11-26-50)34-39-64(62)74(65-40-35-54(43-63(65)72)51-27-12-7-13-28-51)66-31-18-30-57-56-29-14-15-32-67(56)76-71(57)66/h5-44H,1-4H3. The highest BCUT2D eigenvalue weighted by Crippen LogP contribution is 2.62. The van der Waals surface area contributed by atoms with Crippen LogP contribution in [0.3, 0.4) is 0 Å². The summed E-state index contributed by atoms with van der Waals surface area (Å²) < 4.78 is 6.96. The van der Waals surface area contributed by atoms with Gasteiger partial charge in [-0.1, -0.05) is 239 Å². The van der Waals surface area contributed by atoms with Gasteiger partial charge in [-0.05, 0) is 126 Å². The predicted octanol–water partition coefficient (Wildman–Crippen LogP) is 16.0. The Labute approximate surface area is 444 Å². The maximum absolute atomic E-state index is 15.9. The van der Waals surface area contributed by atoms with Crippen LogP contribution in [0.1, 0.15) is 60.4 Å². The second-order valence-electron chi connectivity index (χ2n) is 20.8. The molecule has 76 heavy (non-hydrogen) atoms. The van der Waals surface area contributed by atoms with E-state index >= 15 is 4.79 Å². The summed E-state index contributed by atoms with van der Waals surface area (Å²) >= 11 is 0. The van der Waals surface area contributed by atoms with Crippen LogP contribution in [-0.4, -0.2) is 12.5 Å². The van der Waals surface area contributed by atoms with E-state index in [0.29, 0.717) is 11.1 Å². The first kappa shape index (κ1) is 45.4. The van der Waals surface area contributed by atoms with Crippen LogP contribution in [0.4, 0.5) is 17.1 Å². The van der Waals surface area contributed by atoms with Crippen LogP contribution >= 0.6 is 0 Å². The van der Waals surface area contributed by atoms with E-state index < -0.39 is 5.41 Å². The van der Waals surface area contributed by atoms with E-state index in [4.69, 9.17) is 4.42 Å². The average Bonchev–Trinajstić information content (AvgIpc) is 3.90. The van der Waals surface area contributed by atoms with Crippen LogP contribution in [-0.2, 0) is 5.41 Å². The molecule has 0 fully saturated rings. The molecule has 2 aliphatic rings. The van der Waals surface area contributed by atoms with E-state index in [1.165, 1.54) is 33.2 Å². The zero-order chi connectivity index (χ0) is 51.2. The van der Waals surface area contributed by atoms with E-state index in [2.05, 4.69) is 269 Å². The largest absolute Gasteiger partial charge is 0.454 e. The van der Waals surface area contributed by atoms with Crippen molar-refractivity contribution in [2.24, 2.45) is 0 Å². The normalized spacial score (nSPS) is 13.1. The highest BCUT2D eigenvalue weighted by atomic mass is 16.3. The Morgan fingerprint density at radius 1 is 0.368 bits per heavy atom. The number of ketones is 1. The van der Waals surface area contributed by atoms with Gasteiger partial charge in [-0.2, -0.15) is 0 Å². The summed E-state index contributed by atoms with van der Waals surface area (Å²) in [5.74, 6) is 0.0217. The fourth-order valence-electron chi connectivity index (χ4n) is 13.2. The lowest BCUT2D eigenvalue weighted by Gasteiger charge is -2.49. The molecule has 360 valence electrons. The third-order valence-electron chi connectivity index (χ3n) is 16.6. The lowest BCUT2D eigenvalue weighted by atomic mass is 9.34. The molecule has 1 aromatic heterocycles. The molecule has 0 unspecified atom stereocenters. The number of para-hydroxylation sites is 2. The molecular weight excluding hydrogens is 922 g/mol. The van der Waals surface area contributed by atoms with Gasteiger partial charge in [0.1, 0.15) is 5.58 Å². The molecule has 0 amide bonds. The second-order valence-corrected chi connectivity index (χ2v) is 20.8. The number of furan rings is 1. The van der Waals surface area contributed by atoms with Gasteiger partial charge in [-0.15, -0.1) is 0 Å². The number of nitrogens with zero attached hydrogens (tertiary/aromatic N) is 1. The zero-order valence-electron chi connectivity index (χ0n) is 42.9. The number of fused-ring (bicyclic) bond motifs is 11. The highest BCUT2D eigenvalue weighted by Gasteiger charge is 2.53. The second kappa shape index (κ2) is 17.7. The Kier molecular flexibility index (Phi) is 10.6. The van der Waals surface area contributed by atoms with Gasteiger partial charge in [0.05, 0.1) is 22.5 Å². The summed E-state index contributed by atoms with van der Waals surface area (Å²) in [7, 11) is 0. The number of aryl methyl sites for hydroxylation is 4. The minimum atomic E-state index is -1.05. The van der Waals surface area contributed by atoms with E-state index in [1.807, 2.05) is 6.07 Å². The summed E-state index contributed by atoms with van der Waals surface area (Å²) in [6, 6.07) is 87.6. The molecule has 1 spiro atoms. The van der Waals surface area contributed by atoms with Crippen LogP contribution in [0.25, 0.3) is 55.3 Å². The molecule has 0 radical (unpaired) electrons. The number of carbonyl (C=O) groups excluding carboxylic acids is 1. The van der Waals surface area contributed by atoms with Gasteiger partial charge in [-0.3, -0.25) is 4.79 Å².